The largest absolute Gasteiger partial charge is 0.465 e. The molecule has 91 valence electrons. The molecule has 0 bridgehead atoms. The monoisotopic (exact) mass is 230 g/mol. The molecule has 0 aromatic carbocycles. The third-order valence-corrected chi connectivity index (χ3v) is 1.60. The molecule has 0 aliphatic heterocycles. The fraction of sp³-hybridized carbons (Fsp3) is 0.600. The summed E-state index contributed by atoms with van der Waals surface area (Å²) in [6.45, 7) is 6.29. The average molecular weight is 230 g/mol. The molecule has 0 fully saturated rings. The van der Waals surface area contributed by atoms with Crippen molar-refractivity contribution in [2.45, 2.75) is 13.8 Å². The predicted molar refractivity (Wildman–Crippen MR) is 55.2 cm³/mol. The van der Waals surface area contributed by atoms with E-state index >= 15 is 0 Å². The highest BCUT2D eigenvalue weighted by atomic mass is 16.5. The molecule has 0 aliphatic rings. The molecule has 0 saturated carbocycles. The van der Waals surface area contributed by atoms with Gasteiger partial charge in [-0.1, -0.05) is 0 Å². The minimum Gasteiger partial charge on any atom is -0.465 e. The van der Waals surface area contributed by atoms with Crippen LogP contribution in [0.5, 0.6) is 0 Å². The van der Waals surface area contributed by atoms with E-state index in [1.807, 2.05) is 0 Å². The second-order valence-corrected chi connectivity index (χ2v) is 2.86. The van der Waals surface area contributed by atoms with E-state index in [-0.39, 0.29) is 26.3 Å². The standard InChI is InChI=1S/C10H16NO5/c1-4-15-9(13)6-11(8(3)12)7-10(14)16-5-2/h3-7H2,1-2H3. The Hall–Kier alpha value is -1.59. The number of rotatable bonds is 6. The minimum absolute atomic E-state index is 0.220. The third kappa shape index (κ3) is 6.00. The summed E-state index contributed by atoms with van der Waals surface area (Å²) >= 11 is 0. The van der Waals surface area contributed by atoms with Crippen molar-refractivity contribution in [3.63, 3.8) is 0 Å². The Bertz CT molecular complexity index is 244. The lowest BCUT2D eigenvalue weighted by atomic mass is 10.4. The highest BCUT2D eigenvalue weighted by Gasteiger charge is 2.18. The average Bonchev–Trinajstić information content (AvgIpc) is 2.17. The second-order valence-electron chi connectivity index (χ2n) is 2.86. The number of amides is 1. The highest BCUT2D eigenvalue weighted by Crippen LogP contribution is 1.93. The van der Waals surface area contributed by atoms with Gasteiger partial charge in [-0.25, -0.2) is 0 Å². The number of hydrogen-bond acceptors (Lipinski definition) is 5. The first-order valence-electron chi connectivity index (χ1n) is 4.93. The van der Waals surface area contributed by atoms with E-state index in [9.17, 15) is 14.4 Å². The molecule has 0 aliphatic carbocycles. The molecule has 0 atom stereocenters. The maximum Gasteiger partial charge on any atom is 0.325 e. The Morgan fingerprint density at radius 2 is 1.38 bits per heavy atom. The molecule has 6 nitrogen and oxygen atoms in total. The van der Waals surface area contributed by atoms with Crippen molar-refractivity contribution in [1.82, 2.24) is 4.90 Å². The van der Waals surface area contributed by atoms with Gasteiger partial charge in [0, 0.05) is 6.92 Å². The molecule has 0 unspecified atom stereocenters. The third-order valence-electron chi connectivity index (χ3n) is 1.60. The molecule has 0 N–H and O–H groups in total. The molecule has 1 radical (unpaired) electrons. The SMILES string of the molecule is [CH2]C(=O)N(CC(=O)OCC)CC(=O)OCC. The Balaban J connectivity index is 4.22. The van der Waals surface area contributed by atoms with E-state index < -0.39 is 17.8 Å². The summed E-state index contributed by atoms with van der Waals surface area (Å²) in [6.07, 6.45) is 0. The van der Waals surface area contributed by atoms with Crippen molar-refractivity contribution in [1.29, 1.82) is 0 Å². The topological polar surface area (TPSA) is 72.9 Å². The molecule has 0 aromatic heterocycles. The minimum atomic E-state index is -0.624. The molecule has 0 spiro atoms. The molecule has 16 heavy (non-hydrogen) atoms. The van der Waals surface area contributed by atoms with Crippen LogP contribution in [0.25, 0.3) is 0 Å². The molecule has 0 heterocycles. The zero-order valence-corrected chi connectivity index (χ0v) is 9.52. The lowest BCUT2D eigenvalue weighted by molar-refractivity contribution is -0.152. The van der Waals surface area contributed by atoms with Gasteiger partial charge in [0.2, 0.25) is 5.91 Å². The van der Waals surface area contributed by atoms with Crippen LogP contribution in [-0.4, -0.2) is 49.0 Å². The number of ether oxygens (including phenoxy) is 2. The number of esters is 2. The number of nitrogens with zero attached hydrogens (tertiary/aromatic N) is 1. The Morgan fingerprint density at radius 3 is 1.62 bits per heavy atom. The van der Waals surface area contributed by atoms with Gasteiger partial charge in [-0.05, 0) is 13.8 Å². The summed E-state index contributed by atoms with van der Waals surface area (Å²) in [6, 6.07) is 0. The zero-order valence-electron chi connectivity index (χ0n) is 9.52. The van der Waals surface area contributed by atoms with Crippen molar-refractivity contribution in [2.24, 2.45) is 0 Å². The van der Waals surface area contributed by atoms with Gasteiger partial charge >= 0.3 is 11.9 Å². The van der Waals surface area contributed by atoms with Crippen molar-refractivity contribution >= 4 is 17.8 Å². The van der Waals surface area contributed by atoms with Crippen LogP contribution in [0.3, 0.4) is 0 Å². The first-order valence-corrected chi connectivity index (χ1v) is 4.93. The van der Waals surface area contributed by atoms with Crippen molar-refractivity contribution < 1.29 is 23.9 Å². The fourth-order valence-corrected chi connectivity index (χ4v) is 0.957. The van der Waals surface area contributed by atoms with Gasteiger partial charge in [-0.3, -0.25) is 14.4 Å². The molecular weight excluding hydrogens is 214 g/mol. The van der Waals surface area contributed by atoms with E-state index in [4.69, 9.17) is 0 Å². The van der Waals surface area contributed by atoms with Gasteiger partial charge in [0.15, 0.2) is 0 Å². The molecule has 0 aromatic rings. The van der Waals surface area contributed by atoms with Crippen LogP contribution in [0.15, 0.2) is 0 Å². The van der Waals surface area contributed by atoms with Gasteiger partial charge in [-0.2, -0.15) is 0 Å². The van der Waals surface area contributed by atoms with Crippen LogP contribution in [0, 0.1) is 6.92 Å². The van der Waals surface area contributed by atoms with E-state index in [0.29, 0.717) is 0 Å². The first-order chi connectivity index (χ1) is 7.51. The fourth-order valence-electron chi connectivity index (χ4n) is 0.957. The normalized spacial score (nSPS) is 9.44. The van der Waals surface area contributed by atoms with E-state index in [0.717, 1.165) is 4.90 Å². The van der Waals surface area contributed by atoms with Crippen LogP contribution >= 0.6 is 0 Å². The molecule has 0 saturated heterocycles. The molecule has 1 amide bonds. The summed E-state index contributed by atoms with van der Waals surface area (Å²) in [7, 11) is 0. The summed E-state index contributed by atoms with van der Waals surface area (Å²) in [5.74, 6) is -1.78. The van der Waals surface area contributed by atoms with E-state index in [1.54, 1.807) is 13.8 Å². The van der Waals surface area contributed by atoms with E-state index in [1.165, 1.54) is 0 Å². The maximum atomic E-state index is 11.1. The number of carbonyl (C=O) groups excluding carboxylic acids is 3. The lowest BCUT2D eigenvalue weighted by Gasteiger charge is -2.18. The van der Waals surface area contributed by atoms with Gasteiger partial charge in [0.1, 0.15) is 13.1 Å². The Labute approximate surface area is 94.5 Å². The molecular formula is C10H16NO5. The number of carbonyl (C=O) groups is 3. The Morgan fingerprint density at radius 1 is 1.00 bits per heavy atom. The van der Waals surface area contributed by atoms with E-state index in [2.05, 4.69) is 16.4 Å². The van der Waals surface area contributed by atoms with Crippen LogP contribution in [0.2, 0.25) is 0 Å². The van der Waals surface area contributed by atoms with Crippen LogP contribution in [-0.2, 0) is 23.9 Å². The highest BCUT2D eigenvalue weighted by molar-refractivity contribution is 5.88. The van der Waals surface area contributed by atoms with Crippen LogP contribution in [0.4, 0.5) is 0 Å². The Kier molecular flexibility index (Phi) is 6.91. The second kappa shape index (κ2) is 7.67. The van der Waals surface area contributed by atoms with Crippen LogP contribution in [0.1, 0.15) is 13.8 Å². The van der Waals surface area contributed by atoms with Crippen molar-refractivity contribution in [3.05, 3.63) is 6.92 Å². The van der Waals surface area contributed by atoms with Gasteiger partial charge in [-0.15, -0.1) is 0 Å². The summed E-state index contributed by atoms with van der Waals surface area (Å²) in [5, 5.41) is 0. The lowest BCUT2D eigenvalue weighted by Crippen LogP contribution is -2.39. The van der Waals surface area contributed by atoms with Crippen molar-refractivity contribution in [2.75, 3.05) is 26.3 Å². The summed E-state index contributed by atoms with van der Waals surface area (Å²) in [5.41, 5.74) is 0. The van der Waals surface area contributed by atoms with Crippen molar-refractivity contribution in [3.8, 4) is 0 Å². The summed E-state index contributed by atoms with van der Waals surface area (Å²) in [4.78, 5) is 34.2. The molecule has 6 heteroatoms. The van der Waals surface area contributed by atoms with Gasteiger partial charge < -0.3 is 14.4 Å². The number of hydrogen-bond donors (Lipinski definition) is 0. The van der Waals surface area contributed by atoms with Crippen LogP contribution < -0.4 is 0 Å². The van der Waals surface area contributed by atoms with Gasteiger partial charge in [0.05, 0.1) is 13.2 Å². The zero-order chi connectivity index (χ0) is 12.6. The van der Waals surface area contributed by atoms with Gasteiger partial charge in [0.25, 0.3) is 0 Å². The summed E-state index contributed by atoms with van der Waals surface area (Å²) < 4.78 is 9.30. The smallest absolute Gasteiger partial charge is 0.325 e. The maximum absolute atomic E-state index is 11.1. The first kappa shape index (κ1) is 14.4. The quantitative estimate of drug-likeness (QED) is 0.589. The predicted octanol–water partition coefficient (Wildman–Crippen LogP) is -0.225. The molecule has 0 rings (SSSR count).